The van der Waals surface area contributed by atoms with Crippen molar-refractivity contribution in [1.29, 1.82) is 0 Å². The summed E-state index contributed by atoms with van der Waals surface area (Å²) in [5.74, 6) is 0.476. The molecule has 6 nitrogen and oxygen atoms in total. The Morgan fingerprint density at radius 3 is 2.83 bits per heavy atom. The first-order valence-electron chi connectivity index (χ1n) is 5.57. The number of nitrogens with two attached hydrogens (primary N) is 1. The molecule has 0 amide bonds. The highest BCUT2D eigenvalue weighted by Gasteiger charge is 2.31. The third-order valence-electron chi connectivity index (χ3n) is 2.57. The zero-order chi connectivity index (χ0) is 13.8. The molecule has 18 heavy (non-hydrogen) atoms. The summed E-state index contributed by atoms with van der Waals surface area (Å²) in [6.07, 6.45) is 2.61. The van der Waals surface area contributed by atoms with Crippen LogP contribution in [-0.2, 0) is 14.8 Å². The SMILES string of the molecule is C=CCO[C@H](C1=NCC(C)=CN1)[C@@H](C)S(N)(=O)=O. The van der Waals surface area contributed by atoms with Crippen molar-refractivity contribution in [3.8, 4) is 0 Å². The molecule has 0 aromatic carbocycles. The molecule has 0 saturated heterocycles. The van der Waals surface area contributed by atoms with Gasteiger partial charge in [0.25, 0.3) is 0 Å². The van der Waals surface area contributed by atoms with Gasteiger partial charge in [-0.15, -0.1) is 6.58 Å². The van der Waals surface area contributed by atoms with E-state index in [1.165, 1.54) is 6.92 Å². The van der Waals surface area contributed by atoms with Crippen LogP contribution in [0.3, 0.4) is 0 Å². The highest BCUT2D eigenvalue weighted by molar-refractivity contribution is 7.89. The third-order valence-corrected chi connectivity index (χ3v) is 3.86. The van der Waals surface area contributed by atoms with Crippen molar-refractivity contribution in [2.24, 2.45) is 10.1 Å². The predicted octanol–water partition coefficient (Wildman–Crippen LogP) is 0.140. The summed E-state index contributed by atoms with van der Waals surface area (Å²) >= 11 is 0. The van der Waals surface area contributed by atoms with Crippen molar-refractivity contribution < 1.29 is 13.2 Å². The second kappa shape index (κ2) is 6.12. The van der Waals surface area contributed by atoms with Crippen molar-refractivity contribution in [3.63, 3.8) is 0 Å². The number of rotatable bonds is 6. The summed E-state index contributed by atoms with van der Waals surface area (Å²) < 4.78 is 28.3. The van der Waals surface area contributed by atoms with Crippen LogP contribution < -0.4 is 10.5 Å². The van der Waals surface area contributed by atoms with Crippen LogP contribution in [0.2, 0.25) is 0 Å². The van der Waals surface area contributed by atoms with Crippen molar-refractivity contribution in [2.75, 3.05) is 13.2 Å². The number of amidine groups is 1. The topological polar surface area (TPSA) is 93.8 Å². The van der Waals surface area contributed by atoms with E-state index in [0.717, 1.165) is 5.57 Å². The van der Waals surface area contributed by atoms with Crippen LogP contribution in [0.5, 0.6) is 0 Å². The van der Waals surface area contributed by atoms with Gasteiger partial charge in [0.2, 0.25) is 10.0 Å². The molecular formula is C11H19N3O3S. The van der Waals surface area contributed by atoms with E-state index in [1.54, 1.807) is 12.3 Å². The molecule has 0 aromatic rings. The minimum absolute atomic E-state index is 0.230. The second-order valence-electron chi connectivity index (χ2n) is 4.17. The van der Waals surface area contributed by atoms with Crippen LogP contribution in [0.1, 0.15) is 13.8 Å². The van der Waals surface area contributed by atoms with Gasteiger partial charge < -0.3 is 10.1 Å². The van der Waals surface area contributed by atoms with Gasteiger partial charge in [0.1, 0.15) is 17.2 Å². The lowest BCUT2D eigenvalue weighted by molar-refractivity contribution is 0.120. The first-order valence-corrected chi connectivity index (χ1v) is 7.18. The number of aliphatic imine (C=N–C) groups is 1. The summed E-state index contributed by atoms with van der Waals surface area (Å²) in [4.78, 5) is 4.26. The molecule has 1 aliphatic heterocycles. The highest BCUT2D eigenvalue weighted by atomic mass is 32.2. The number of nitrogens with one attached hydrogen (secondary N) is 1. The van der Waals surface area contributed by atoms with E-state index in [0.29, 0.717) is 12.4 Å². The number of hydrogen-bond donors (Lipinski definition) is 2. The smallest absolute Gasteiger partial charge is 0.214 e. The maximum Gasteiger partial charge on any atom is 0.214 e. The van der Waals surface area contributed by atoms with E-state index >= 15 is 0 Å². The third kappa shape index (κ3) is 3.94. The summed E-state index contributed by atoms with van der Waals surface area (Å²) in [6, 6.07) is 0. The fourth-order valence-corrected chi connectivity index (χ4v) is 2.00. The second-order valence-corrected chi connectivity index (χ2v) is 6.09. The van der Waals surface area contributed by atoms with Crippen LogP contribution in [0.15, 0.2) is 29.4 Å². The van der Waals surface area contributed by atoms with Gasteiger partial charge >= 0.3 is 0 Å². The molecule has 0 unspecified atom stereocenters. The van der Waals surface area contributed by atoms with Gasteiger partial charge in [-0.1, -0.05) is 6.08 Å². The van der Waals surface area contributed by atoms with Crippen molar-refractivity contribution in [3.05, 3.63) is 24.4 Å². The number of primary sulfonamides is 1. The highest BCUT2D eigenvalue weighted by Crippen LogP contribution is 2.11. The van der Waals surface area contributed by atoms with Crippen LogP contribution in [0.25, 0.3) is 0 Å². The van der Waals surface area contributed by atoms with Crippen molar-refractivity contribution in [2.45, 2.75) is 25.2 Å². The molecule has 7 heteroatoms. The summed E-state index contributed by atoms with van der Waals surface area (Å²) in [5, 5.41) is 7.21. The van der Waals surface area contributed by atoms with Gasteiger partial charge in [-0.2, -0.15) is 0 Å². The zero-order valence-corrected chi connectivity index (χ0v) is 11.4. The van der Waals surface area contributed by atoms with Gasteiger partial charge in [0.05, 0.1) is 13.2 Å². The average molecular weight is 273 g/mol. The van der Waals surface area contributed by atoms with E-state index in [-0.39, 0.29) is 6.61 Å². The molecule has 2 atom stereocenters. The van der Waals surface area contributed by atoms with E-state index < -0.39 is 21.4 Å². The first-order chi connectivity index (χ1) is 8.36. The van der Waals surface area contributed by atoms with Gasteiger partial charge in [-0.25, -0.2) is 13.6 Å². The fraction of sp³-hybridized carbons (Fsp3) is 0.545. The largest absolute Gasteiger partial charge is 0.365 e. The maximum absolute atomic E-state index is 11.4. The monoisotopic (exact) mass is 273 g/mol. The van der Waals surface area contributed by atoms with E-state index in [9.17, 15) is 8.42 Å². The normalized spacial score (nSPS) is 19.3. The van der Waals surface area contributed by atoms with E-state index in [2.05, 4.69) is 16.9 Å². The minimum atomic E-state index is -3.70. The van der Waals surface area contributed by atoms with E-state index in [1.807, 2.05) is 6.92 Å². The molecule has 0 bridgehead atoms. The van der Waals surface area contributed by atoms with Crippen LogP contribution >= 0.6 is 0 Å². The van der Waals surface area contributed by atoms with Gasteiger partial charge in [-0.3, -0.25) is 4.99 Å². The molecule has 1 rings (SSSR count). The molecule has 1 heterocycles. The molecular weight excluding hydrogens is 254 g/mol. The Morgan fingerprint density at radius 1 is 1.72 bits per heavy atom. The number of sulfonamides is 1. The Balaban J connectivity index is 2.89. The average Bonchev–Trinajstić information content (AvgIpc) is 2.30. The van der Waals surface area contributed by atoms with Gasteiger partial charge in [-0.05, 0) is 19.4 Å². The minimum Gasteiger partial charge on any atom is -0.365 e. The zero-order valence-electron chi connectivity index (χ0n) is 10.6. The fourth-order valence-electron chi connectivity index (χ4n) is 1.45. The summed E-state index contributed by atoms with van der Waals surface area (Å²) in [5.41, 5.74) is 1.06. The molecule has 0 spiro atoms. The first kappa shape index (κ1) is 14.9. The Hall–Kier alpha value is -1.18. The van der Waals surface area contributed by atoms with Crippen LogP contribution in [-0.4, -0.2) is 38.8 Å². The summed E-state index contributed by atoms with van der Waals surface area (Å²) in [7, 11) is -3.70. The summed E-state index contributed by atoms with van der Waals surface area (Å²) in [6.45, 7) is 7.71. The lowest BCUT2D eigenvalue weighted by Gasteiger charge is -2.25. The number of ether oxygens (including phenoxy) is 1. The standard InChI is InChI=1S/C11H19N3O3S/c1-4-5-17-10(9(3)18(12,15)16)11-13-6-8(2)7-14-11/h4,6,9-10H,1,5,7H2,2-3H3,(H,13,14)(H2,12,15,16)/t9-,10+/m1/s1. The maximum atomic E-state index is 11.4. The molecule has 0 aromatic heterocycles. The van der Waals surface area contributed by atoms with Crippen LogP contribution in [0.4, 0.5) is 0 Å². The van der Waals surface area contributed by atoms with Gasteiger partial charge in [0, 0.05) is 6.20 Å². The Labute approximate surface area is 108 Å². The predicted molar refractivity (Wildman–Crippen MR) is 71.7 cm³/mol. The molecule has 0 radical (unpaired) electrons. The molecule has 0 aliphatic carbocycles. The van der Waals surface area contributed by atoms with Crippen molar-refractivity contribution >= 4 is 15.9 Å². The van der Waals surface area contributed by atoms with Crippen molar-refractivity contribution in [1.82, 2.24) is 5.32 Å². The number of nitrogens with zero attached hydrogens (tertiary/aromatic N) is 1. The Morgan fingerprint density at radius 2 is 2.39 bits per heavy atom. The number of hydrogen-bond acceptors (Lipinski definition) is 5. The quantitative estimate of drug-likeness (QED) is 0.673. The Bertz CT molecular complexity index is 468. The Kier molecular flexibility index (Phi) is 5.06. The molecule has 1 aliphatic rings. The van der Waals surface area contributed by atoms with Crippen LogP contribution in [0, 0.1) is 0 Å². The molecule has 0 fully saturated rings. The van der Waals surface area contributed by atoms with Gasteiger partial charge in [0.15, 0.2) is 0 Å². The lowest BCUT2D eigenvalue weighted by Crippen LogP contribution is -2.47. The molecule has 102 valence electrons. The lowest BCUT2D eigenvalue weighted by atomic mass is 10.2. The molecule has 3 N–H and O–H groups in total. The molecule has 0 saturated carbocycles. The van der Waals surface area contributed by atoms with E-state index in [4.69, 9.17) is 9.88 Å².